The molecule has 0 heterocycles. The van der Waals surface area contributed by atoms with Gasteiger partial charge in [-0.05, 0) is 44.2 Å². The number of likely N-dealkylation sites (N-methyl/N-ethyl adjacent to an activating group) is 1. The van der Waals surface area contributed by atoms with E-state index in [1.165, 1.54) is 5.56 Å². The van der Waals surface area contributed by atoms with E-state index in [0.717, 1.165) is 29.2 Å². The van der Waals surface area contributed by atoms with E-state index in [0.29, 0.717) is 32.4 Å². The molecule has 2 amide bonds. The van der Waals surface area contributed by atoms with Gasteiger partial charge in [-0.15, -0.1) is 0 Å². The van der Waals surface area contributed by atoms with E-state index in [9.17, 15) is 14.4 Å². The van der Waals surface area contributed by atoms with Crippen molar-refractivity contribution in [2.24, 2.45) is 0 Å². The predicted molar refractivity (Wildman–Crippen MR) is 177 cm³/mol. The third kappa shape index (κ3) is 21.5. The highest BCUT2D eigenvalue weighted by Crippen LogP contribution is 2.19. The van der Waals surface area contributed by atoms with Gasteiger partial charge < -0.3 is 30.8 Å². The van der Waals surface area contributed by atoms with Crippen LogP contribution in [0.15, 0.2) is 54.6 Å². The Labute approximate surface area is 259 Å². The topological polar surface area (TPSA) is 109 Å². The molecule has 0 aliphatic carbocycles. The molecule has 1 atom stereocenters. The van der Waals surface area contributed by atoms with Crippen molar-refractivity contribution < 1.29 is 19.1 Å². The lowest BCUT2D eigenvalue weighted by atomic mass is 10.1. The summed E-state index contributed by atoms with van der Waals surface area (Å²) in [5.74, 6) is 0.499. The van der Waals surface area contributed by atoms with Crippen molar-refractivity contribution in [1.82, 2.24) is 21.3 Å². The number of rotatable bonds is 16. The molecular formula is C33H53ClN4O4. The molecule has 0 radical (unpaired) electrons. The number of ether oxygens (including phenoxy) is 1. The van der Waals surface area contributed by atoms with Crippen molar-refractivity contribution in [3.8, 4) is 5.75 Å². The van der Waals surface area contributed by atoms with Crippen LogP contribution in [0.5, 0.6) is 5.75 Å². The first-order valence-electron chi connectivity index (χ1n) is 14.9. The Hall–Kier alpha value is -3.20. The van der Waals surface area contributed by atoms with Crippen molar-refractivity contribution in [3.05, 3.63) is 70.8 Å². The van der Waals surface area contributed by atoms with E-state index in [-0.39, 0.29) is 30.9 Å². The number of carbonyl (C=O) groups excluding carboxylic acids is 3. The van der Waals surface area contributed by atoms with Crippen LogP contribution in [0.25, 0.3) is 6.08 Å². The average molecular weight is 605 g/mol. The maximum Gasteiger partial charge on any atom is 0.237 e. The fourth-order valence-electron chi connectivity index (χ4n) is 3.33. The summed E-state index contributed by atoms with van der Waals surface area (Å²) in [5.41, 5.74) is 2.11. The summed E-state index contributed by atoms with van der Waals surface area (Å²) in [7, 11) is 1.72. The molecule has 236 valence electrons. The summed E-state index contributed by atoms with van der Waals surface area (Å²) >= 11 is 5.64. The summed E-state index contributed by atoms with van der Waals surface area (Å²) in [6.45, 7) is 13.7. The van der Waals surface area contributed by atoms with Crippen LogP contribution >= 0.6 is 11.6 Å². The number of aldehydes is 1. The molecule has 0 fully saturated rings. The predicted octanol–water partition coefficient (Wildman–Crippen LogP) is 5.58. The molecule has 0 aliphatic heterocycles. The second-order valence-corrected chi connectivity index (χ2v) is 8.92. The molecule has 0 spiro atoms. The molecule has 9 heteroatoms. The normalized spacial score (nSPS) is 10.5. The van der Waals surface area contributed by atoms with Crippen LogP contribution in [0.1, 0.15) is 65.0 Å². The number of carbonyl (C=O) groups is 3. The Bertz CT molecular complexity index is 984. The fourth-order valence-corrected chi connectivity index (χ4v) is 3.58. The highest BCUT2D eigenvalue weighted by Gasteiger charge is 2.16. The number of nitrogens with one attached hydrogen (secondary N) is 4. The Morgan fingerprint density at radius 2 is 1.71 bits per heavy atom. The number of aryl methyl sites for hydroxylation is 1. The lowest BCUT2D eigenvalue weighted by molar-refractivity contribution is -0.124. The van der Waals surface area contributed by atoms with Gasteiger partial charge in [-0.1, -0.05) is 102 Å². The lowest BCUT2D eigenvalue weighted by Gasteiger charge is -2.18. The number of para-hydroxylation sites is 1. The SMILES string of the molecule is CC.CC.CCCCC(NCCOc1ccccc1/C=C/CNC(=O)CNC)C(=O)NCC=O.Cc1cccc(Cl)c1. The molecule has 0 saturated heterocycles. The quantitative estimate of drug-likeness (QED) is 0.147. The zero-order valence-corrected chi connectivity index (χ0v) is 27.4. The van der Waals surface area contributed by atoms with Crippen molar-refractivity contribution in [2.75, 3.05) is 39.8 Å². The zero-order valence-electron chi connectivity index (χ0n) is 26.6. The molecule has 0 aromatic heterocycles. The summed E-state index contributed by atoms with van der Waals surface area (Å²) in [6.07, 6.45) is 7.07. The summed E-state index contributed by atoms with van der Waals surface area (Å²) in [4.78, 5) is 34.1. The van der Waals surface area contributed by atoms with Gasteiger partial charge in [0, 0.05) is 23.7 Å². The van der Waals surface area contributed by atoms with Gasteiger partial charge in [0.05, 0.1) is 19.1 Å². The number of unbranched alkanes of at least 4 members (excludes halogenated alkanes) is 1. The molecule has 2 aromatic rings. The van der Waals surface area contributed by atoms with Gasteiger partial charge >= 0.3 is 0 Å². The van der Waals surface area contributed by atoms with E-state index in [1.807, 2.05) is 95.3 Å². The first kappa shape index (κ1) is 40.9. The van der Waals surface area contributed by atoms with Crippen LogP contribution in [0.4, 0.5) is 0 Å². The van der Waals surface area contributed by atoms with Crippen molar-refractivity contribution in [2.45, 2.75) is 66.8 Å². The third-order valence-corrected chi connectivity index (χ3v) is 5.46. The molecule has 4 N–H and O–H groups in total. The first-order valence-corrected chi connectivity index (χ1v) is 15.3. The van der Waals surface area contributed by atoms with Gasteiger partial charge in [0.2, 0.25) is 11.8 Å². The van der Waals surface area contributed by atoms with E-state index in [2.05, 4.69) is 28.2 Å². The smallest absolute Gasteiger partial charge is 0.237 e. The molecule has 2 rings (SSSR count). The van der Waals surface area contributed by atoms with Gasteiger partial charge in [-0.2, -0.15) is 0 Å². The molecule has 42 heavy (non-hydrogen) atoms. The minimum absolute atomic E-state index is 0.0226. The van der Waals surface area contributed by atoms with Crippen molar-refractivity contribution in [3.63, 3.8) is 0 Å². The van der Waals surface area contributed by atoms with E-state index >= 15 is 0 Å². The first-order chi connectivity index (χ1) is 20.4. The second-order valence-electron chi connectivity index (χ2n) is 8.48. The summed E-state index contributed by atoms with van der Waals surface area (Å²) in [6, 6.07) is 15.1. The Morgan fingerprint density at radius 3 is 2.31 bits per heavy atom. The maximum absolute atomic E-state index is 12.1. The van der Waals surface area contributed by atoms with Gasteiger partial charge in [0.15, 0.2) is 0 Å². The largest absolute Gasteiger partial charge is 0.492 e. The molecular weight excluding hydrogens is 552 g/mol. The Morgan fingerprint density at radius 1 is 1.00 bits per heavy atom. The number of amides is 2. The van der Waals surface area contributed by atoms with Crippen LogP contribution in [0.3, 0.4) is 0 Å². The number of halogens is 1. The van der Waals surface area contributed by atoms with Crippen molar-refractivity contribution >= 4 is 35.8 Å². The van der Waals surface area contributed by atoms with Crippen LogP contribution in [-0.4, -0.2) is 64.0 Å². The molecule has 0 aliphatic rings. The number of hydrogen-bond acceptors (Lipinski definition) is 6. The minimum Gasteiger partial charge on any atom is -0.492 e. The van der Waals surface area contributed by atoms with Crippen LogP contribution in [0, 0.1) is 6.92 Å². The standard InChI is InChI=1S/C22H34N4O4.C7H7Cl.2C2H6/c1-3-4-10-19(22(29)26-13-15-27)24-14-16-30-20-11-6-5-8-18(20)9-7-12-25-21(28)17-23-2;1-6-3-2-4-7(8)5-6;2*1-2/h5-9,11,15,19,23-24H,3-4,10,12-14,16-17H2,1-2H3,(H,25,28)(H,26,29);2-5H,1H3;2*1-2H3/b9-7+;;;. The summed E-state index contributed by atoms with van der Waals surface area (Å²) < 4.78 is 5.87. The highest BCUT2D eigenvalue weighted by atomic mass is 35.5. The second kappa shape index (κ2) is 29.3. The van der Waals surface area contributed by atoms with E-state index < -0.39 is 0 Å². The average Bonchev–Trinajstić information content (AvgIpc) is 3.00. The molecule has 0 saturated carbocycles. The van der Waals surface area contributed by atoms with Gasteiger partial charge in [0.25, 0.3) is 0 Å². The van der Waals surface area contributed by atoms with Gasteiger partial charge in [0.1, 0.15) is 18.6 Å². The minimum atomic E-state index is -0.343. The van der Waals surface area contributed by atoms with Crippen LogP contribution in [0.2, 0.25) is 5.02 Å². The maximum atomic E-state index is 12.1. The van der Waals surface area contributed by atoms with E-state index in [4.69, 9.17) is 16.3 Å². The molecule has 8 nitrogen and oxygen atoms in total. The molecule has 1 unspecified atom stereocenters. The zero-order chi connectivity index (χ0) is 32.0. The highest BCUT2D eigenvalue weighted by molar-refractivity contribution is 6.30. The monoisotopic (exact) mass is 604 g/mol. The number of benzene rings is 2. The Kier molecular flexibility index (Phi) is 28.6. The van der Waals surface area contributed by atoms with Gasteiger partial charge in [-0.3, -0.25) is 9.59 Å². The van der Waals surface area contributed by atoms with Gasteiger partial charge in [-0.25, -0.2) is 0 Å². The fraction of sp³-hybridized carbons (Fsp3) is 0.485. The Balaban J connectivity index is 0. The summed E-state index contributed by atoms with van der Waals surface area (Å²) in [5, 5.41) is 12.2. The molecule has 2 aromatic carbocycles. The van der Waals surface area contributed by atoms with E-state index in [1.54, 1.807) is 7.05 Å². The lowest BCUT2D eigenvalue weighted by Crippen LogP contribution is -2.45. The van der Waals surface area contributed by atoms with Crippen LogP contribution < -0.4 is 26.0 Å². The van der Waals surface area contributed by atoms with Crippen molar-refractivity contribution in [1.29, 1.82) is 0 Å². The number of hydrogen-bond donors (Lipinski definition) is 4. The molecule has 0 bridgehead atoms. The van der Waals surface area contributed by atoms with Crippen LogP contribution in [-0.2, 0) is 14.4 Å². The third-order valence-electron chi connectivity index (χ3n) is 5.22.